The standard InChI is InChI=1S/C12H12BrNO3/c1-8(12(16)17)14-11(15)7-4-9-2-5-10(13)6-3-9/h2-8H,1H3,(H,14,15)(H,16,17)/b7-4+/t8-/m1/s1. The molecule has 1 rings (SSSR count). The number of carboxylic acids is 1. The van der Waals surface area contributed by atoms with Crippen LogP contribution in [0.25, 0.3) is 6.08 Å². The molecule has 0 aliphatic carbocycles. The molecule has 0 aliphatic heterocycles. The fraction of sp³-hybridized carbons (Fsp3) is 0.167. The monoisotopic (exact) mass is 297 g/mol. The molecule has 0 aromatic heterocycles. The number of carbonyl (C=O) groups is 2. The first-order valence-electron chi connectivity index (χ1n) is 4.96. The van der Waals surface area contributed by atoms with Gasteiger partial charge in [0.15, 0.2) is 0 Å². The fourth-order valence-corrected chi connectivity index (χ4v) is 1.33. The molecule has 2 N–H and O–H groups in total. The fourth-order valence-electron chi connectivity index (χ4n) is 1.07. The van der Waals surface area contributed by atoms with Crippen LogP contribution in [0.3, 0.4) is 0 Å². The first-order valence-corrected chi connectivity index (χ1v) is 5.75. The SMILES string of the molecule is C[C@@H](NC(=O)/C=C/c1ccc(Br)cc1)C(=O)O. The van der Waals surface area contributed by atoms with E-state index >= 15 is 0 Å². The lowest BCUT2D eigenvalue weighted by atomic mass is 10.2. The van der Waals surface area contributed by atoms with E-state index in [9.17, 15) is 9.59 Å². The number of hydrogen-bond donors (Lipinski definition) is 2. The van der Waals surface area contributed by atoms with Crippen LogP contribution in [0.1, 0.15) is 12.5 Å². The molecular formula is C12H12BrNO3. The Morgan fingerprint density at radius 1 is 1.35 bits per heavy atom. The summed E-state index contributed by atoms with van der Waals surface area (Å²) in [6.45, 7) is 1.41. The van der Waals surface area contributed by atoms with Crippen molar-refractivity contribution in [3.8, 4) is 0 Å². The maximum Gasteiger partial charge on any atom is 0.325 e. The minimum absolute atomic E-state index is 0.428. The van der Waals surface area contributed by atoms with Gasteiger partial charge in [0.1, 0.15) is 6.04 Å². The number of carbonyl (C=O) groups excluding carboxylic acids is 1. The van der Waals surface area contributed by atoms with Crippen molar-refractivity contribution in [2.75, 3.05) is 0 Å². The zero-order chi connectivity index (χ0) is 12.8. The van der Waals surface area contributed by atoms with Crippen LogP contribution in [0.5, 0.6) is 0 Å². The van der Waals surface area contributed by atoms with Gasteiger partial charge in [-0.3, -0.25) is 9.59 Å². The Bertz CT molecular complexity index is 440. The zero-order valence-corrected chi connectivity index (χ0v) is 10.8. The molecule has 17 heavy (non-hydrogen) atoms. The second-order valence-electron chi connectivity index (χ2n) is 3.45. The van der Waals surface area contributed by atoms with Gasteiger partial charge in [-0.15, -0.1) is 0 Å². The third-order valence-electron chi connectivity index (χ3n) is 2.03. The molecule has 0 bridgehead atoms. The van der Waals surface area contributed by atoms with Crippen molar-refractivity contribution in [2.24, 2.45) is 0 Å². The number of aliphatic carboxylic acids is 1. The summed E-state index contributed by atoms with van der Waals surface area (Å²) >= 11 is 3.31. The third-order valence-corrected chi connectivity index (χ3v) is 2.56. The normalized spacial score (nSPS) is 12.4. The van der Waals surface area contributed by atoms with Crippen LogP contribution in [-0.2, 0) is 9.59 Å². The molecule has 1 aromatic rings. The molecule has 0 saturated carbocycles. The smallest absolute Gasteiger partial charge is 0.325 e. The molecule has 0 spiro atoms. The van der Waals surface area contributed by atoms with E-state index in [1.807, 2.05) is 24.3 Å². The third kappa shape index (κ3) is 4.82. The Balaban J connectivity index is 2.56. The molecule has 4 nitrogen and oxygen atoms in total. The molecule has 0 aliphatic rings. The highest BCUT2D eigenvalue weighted by molar-refractivity contribution is 9.10. The van der Waals surface area contributed by atoms with Crippen molar-refractivity contribution in [2.45, 2.75) is 13.0 Å². The molecule has 1 aromatic carbocycles. The summed E-state index contributed by atoms with van der Waals surface area (Å²) in [5.41, 5.74) is 0.867. The van der Waals surface area contributed by atoms with Crippen LogP contribution in [0, 0.1) is 0 Å². The Hall–Kier alpha value is -1.62. The van der Waals surface area contributed by atoms with E-state index in [-0.39, 0.29) is 0 Å². The van der Waals surface area contributed by atoms with Crippen molar-refractivity contribution >= 4 is 33.9 Å². The number of amides is 1. The molecule has 0 heterocycles. The predicted octanol–water partition coefficient (Wildman–Crippen LogP) is 2.05. The van der Waals surface area contributed by atoms with Crippen molar-refractivity contribution in [1.82, 2.24) is 5.32 Å². The molecule has 0 saturated heterocycles. The van der Waals surface area contributed by atoms with Crippen LogP contribution in [0.2, 0.25) is 0 Å². The van der Waals surface area contributed by atoms with Crippen molar-refractivity contribution in [3.05, 3.63) is 40.4 Å². The largest absolute Gasteiger partial charge is 0.480 e. The summed E-state index contributed by atoms with van der Waals surface area (Å²) in [7, 11) is 0. The molecule has 0 fully saturated rings. The maximum atomic E-state index is 11.3. The quantitative estimate of drug-likeness (QED) is 0.836. The van der Waals surface area contributed by atoms with E-state index in [0.29, 0.717) is 0 Å². The Morgan fingerprint density at radius 3 is 2.47 bits per heavy atom. The van der Waals surface area contributed by atoms with Crippen molar-refractivity contribution < 1.29 is 14.7 Å². The van der Waals surface area contributed by atoms with Gasteiger partial charge in [-0.2, -0.15) is 0 Å². The van der Waals surface area contributed by atoms with Crippen molar-refractivity contribution in [3.63, 3.8) is 0 Å². The highest BCUT2D eigenvalue weighted by atomic mass is 79.9. The number of nitrogens with one attached hydrogen (secondary N) is 1. The van der Waals surface area contributed by atoms with E-state index in [2.05, 4.69) is 21.2 Å². The summed E-state index contributed by atoms with van der Waals surface area (Å²) < 4.78 is 0.957. The van der Waals surface area contributed by atoms with E-state index in [4.69, 9.17) is 5.11 Å². The minimum Gasteiger partial charge on any atom is -0.480 e. The average molecular weight is 298 g/mol. The first kappa shape index (κ1) is 13.4. The topological polar surface area (TPSA) is 66.4 Å². The van der Waals surface area contributed by atoms with E-state index < -0.39 is 17.9 Å². The first-order chi connectivity index (χ1) is 7.99. The number of benzene rings is 1. The molecule has 1 atom stereocenters. The highest BCUT2D eigenvalue weighted by Gasteiger charge is 2.11. The average Bonchev–Trinajstić information content (AvgIpc) is 2.28. The van der Waals surface area contributed by atoms with Crippen LogP contribution in [0.15, 0.2) is 34.8 Å². The molecular weight excluding hydrogens is 286 g/mol. The lowest BCUT2D eigenvalue weighted by Crippen LogP contribution is -2.37. The van der Waals surface area contributed by atoms with E-state index in [1.165, 1.54) is 13.0 Å². The van der Waals surface area contributed by atoms with Gasteiger partial charge in [-0.25, -0.2) is 0 Å². The summed E-state index contributed by atoms with van der Waals surface area (Å²) in [5, 5.41) is 10.9. The van der Waals surface area contributed by atoms with Gasteiger partial charge in [-0.1, -0.05) is 28.1 Å². The Morgan fingerprint density at radius 2 is 1.94 bits per heavy atom. The van der Waals surface area contributed by atoms with Gasteiger partial charge >= 0.3 is 5.97 Å². The van der Waals surface area contributed by atoms with Gasteiger partial charge in [0, 0.05) is 10.5 Å². The Kier molecular flexibility index (Phi) is 4.90. The Labute approximate surface area is 107 Å². The number of carboxylic acid groups (broad SMARTS) is 1. The molecule has 0 radical (unpaired) electrons. The zero-order valence-electron chi connectivity index (χ0n) is 9.18. The lowest BCUT2D eigenvalue weighted by Gasteiger charge is -2.05. The maximum absolute atomic E-state index is 11.3. The summed E-state index contributed by atoms with van der Waals surface area (Å²) in [6.07, 6.45) is 2.93. The van der Waals surface area contributed by atoms with Crippen LogP contribution in [-0.4, -0.2) is 23.0 Å². The van der Waals surface area contributed by atoms with Crippen LogP contribution < -0.4 is 5.32 Å². The van der Waals surface area contributed by atoms with Crippen LogP contribution >= 0.6 is 15.9 Å². The second kappa shape index (κ2) is 6.20. The highest BCUT2D eigenvalue weighted by Crippen LogP contribution is 2.11. The summed E-state index contributed by atoms with van der Waals surface area (Å²) in [6, 6.07) is 6.51. The van der Waals surface area contributed by atoms with Crippen molar-refractivity contribution in [1.29, 1.82) is 0 Å². The van der Waals surface area contributed by atoms with E-state index in [1.54, 1.807) is 6.08 Å². The molecule has 1 amide bonds. The molecule has 5 heteroatoms. The lowest BCUT2D eigenvalue weighted by molar-refractivity contribution is -0.140. The summed E-state index contributed by atoms with van der Waals surface area (Å²) in [5.74, 6) is -1.49. The van der Waals surface area contributed by atoms with Gasteiger partial charge < -0.3 is 10.4 Å². The van der Waals surface area contributed by atoms with E-state index in [0.717, 1.165) is 10.0 Å². The predicted molar refractivity (Wildman–Crippen MR) is 68.4 cm³/mol. The second-order valence-corrected chi connectivity index (χ2v) is 4.37. The molecule has 0 unspecified atom stereocenters. The summed E-state index contributed by atoms with van der Waals surface area (Å²) in [4.78, 5) is 21.8. The van der Waals surface area contributed by atoms with Gasteiger partial charge in [0.2, 0.25) is 5.91 Å². The minimum atomic E-state index is -1.06. The number of hydrogen-bond acceptors (Lipinski definition) is 2. The van der Waals surface area contributed by atoms with Gasteiger partial charge in [0.25, 0.3) is 0 Å². The number of rotatable bonds is 4. The molecule has 90 valence electrons. The number of halogens is 1. The van der Waals surface area contributed by atoms with Gasteiger partial charge in [-0.05, 0) is 30.7 Å². The van der Waals surface area contributed by atoms with Gasteiger partial charge in [0.05, 0.1) is 0 Å². The van der Waals surface area contributed by atoms with Crippen LogP contribution in [0.4, 0.5) is 0 Å².